The van der Waals surface area contributed by atoms with E-state index < -0.39 is 6.09 Å². The van der Waals surface area contributed by atoms with Crippen LogP contribution >= 0.6 is 0 Å². The van der Waals surface area contributed by atoms with E-state index in [2.05, 4.69) is 10.4 Å². The summed E-state index contributed by atoms with van der Waals surface area (Å²) in [6, 6.07) is 7.49. The minimum Gasteiger partial charge on any atom is -0.463 e. The first-order chi connectivity index (χ1) is 7.27. The van der Waals surface area contributed by atoms with Gasteiger partial charge in [-0.1, -0.05) is 12.1 Å². The molecule has 0 saturated heterocycles. The van der Waals surface area contributed by atoms with Crippen LogP contribution in [0.1, 0.15) is 0 Å². The number of hydrogen-bond donors (Lipinski definition) is 2. The summed E-state index contributed by atoms with van der Waals surface area (Å²) < 4.78 is 0. The van der Waals surface area contributed by atoms with E-state index >= 15 is 0 Å². The van der Waals surface area contributed by atoms with Crippen molar-refractivity contribution in [2.45, 2.75) is 0 Å². The van der Waals surface area contributed by atoms with Crippen molar-refractivity contribution < 1.29 is 9.90 Å². The summed E-state index contributed by atoms with van der Waals surface area (Å²) in [4.78, 5) is 15.0. The summed E-state index contributed by atoms with van der Waals surface area (Å²) in [5.41, 5.74) is 3.55. The number of nitrogens with one attached hydrogen (secondary N) is 1. The molecule has 1 amide bonds. The second kappa shape index (κ2) is 2.60. The molecule has 0 radical (unpaired) electrons. The molecule has 0 bridgehead atoms. The summed E-state index contributed by atoms with van der Waals surface area (Å²) in [7, 11) is 0. The van der Waals surface area contributed by atoms with Crippen LogP contribution in [-0.4, -0.2) is 16.2 Å². The van der Waals surface area contributed by atoms with Crippen molar-refractivity contribution in [3.63, 3.8) is 0 Å². The summed E-state index contributed by atoms with van der Waals surface area (Å²) in [6.07, 6.45) is 0.538. The van der Waals surface area contributed by atoms with Crippen molar-refractivity contribution in [2.24, 2.45) is 0 Å². The van der Waals surface area contributed by atoms with Gasteiger partial charge >= 0.3 is 6.09 Å². The highest BCUT2D eigenvalue weighted by Gasteiger charge is 2.26. The van der Waals surface area contributed by atoms with Gasteiger partial charge in [0.25, 0.3) is 0 Å². The third kappa shape index (κ3) is 0.969. The first kappa shape index (κ1) is 8.05. The van der Waals surface area contributed by atoms with Crippen molar-refractivity contribution in [1.29, 1.82) is 0 Å². The van der Waals surface area contributed by atoms with E-state index in [0.29, 0.717) is 5.82 Å². The van der Waals surface area contributed by atoms with Crippen molar-refractivity contribution in [3.8, 4) is 0 Å². The second-order valence-corrected chi connectivity index (χ2v) is 3.27. The van der Waals surface area contributed by atoms with Crippen molar-refractivity contribution in [1.82, 2.24) is 4.98 Å². The second-order valence-electron chi connectivity index (χ2n) is 3.27. The number of hydrogen-bond acceptors (Lipinski definition) is 3. The predicted octanol–water partition coefficient (Wildman–Crippen LogP) is 2.06. The number of pyridine rings is 1. The molecule has 1 aliphatic heterocycles. The highest BCUT2D eigenvalue weighted by molar-refractivity contribution is 6.11. The van der Waals surface area contributed by atoms with E-state index in [4.69, 9.17) is 5.11 Å². The molecule has 0 unspecified atom stereocenters. The molecule has 5 heteroatoms. The van der Waals surface area contributed by atoms with Crippen molar-refractivity contribution >= 4 is 28.4 Å². The van der Waals surface area contributed by atoms with Crippen LogP contribution in [0.25, 0.3) is 10.8 Å². The standard InChI is InChI=1S/C10H7N3O2/c14-10(15)13-9-8-6(4-5-11-9)2-1-3-7(8)12-13/h1-5,12H,(H,14,15). The van der Waals surface area contributed by atoms with Gasteiger partial charge in [0, 0.05) is 6.20 Å². The van der Waals surface area contributed by atoms with Gasteiger partial charge in [-0.2, -0.15) is 5.01 Å². The van der Waals surface area contributed by atoms with Crippen LogP contribution in [0, 0.1) is 0 Å². The Bertz CT molecular complexity index is 562. The van der Waals surface area contributed by atoms with Gasteiger partial charge in [0.1, 0.15) is 0 Å². The van der Waals surface area contributed by atoms with Crippen LogP contribution < -0.4 is 10.4 Å². The molecule has 2 aromatic rings. The lowest BCUT2D eigenvalue weighted by Crippen LogP contribution is -2.32. The molecule has 0 spiro atoms. The van der Waals surface area contributed by atoms with E-state index in [1.54, 1.807) is 6.20 Å². The van der Waals surface area contributed by atoms with Gasteiger partial charge in [0.05, 0.1) is 11.1 Å². The number of aromatic nitrogens is 1. The lowest BCUT2D eigenvalue weighted by atomic mass is 10.1. The molecule has 1 aromatic carbocycles. The largest absolute Gasteiger partial charge is 0.463 e. The molecule has 15 heavy (non-hydrogen) atoms. The fourth-order valence-electron chi connectivity index (χ4n) is 1.79. The quantitative estimate of drug-likeness (QED) is 0.684. The molecular formula is C10H7N3O2. The van der Waals surface area contributed by atoms with Crippen molar-refractivity contribution in [3.05, 3.63) is 30.5 Å². The summed E-state index contributed by atoms with van der Waals surface area (Å²) in [6.45, 7) is 0. The third-order valence-electron chi connectivity index (χ3n) is 2.41. The number of rotatable bonds is 0. The average Bonchev–Trinajstić information content (AvgIpc) is 2.61. The highest BCUT2D eigenvalue weighted by Crippen LogP contribution is 2.36. The fraction of sp³-hybridized carbons (Fsp3) is 0. The molecular weight excluding hydrogens is 194 g/mol. The maximum Gasteiger partial charge on any atom is 0.432 e. The number of carboxylic acid groups (broad SMARTS) is 1. The van der Waals surface area contributed by atoms with Crippen LogP contribution in [-0.2, 0) is 0 Å². The zero-order valence-electron chi connectivity index (χ0n) is 7.64. The summed E-state index contributed by atoms with van der Waals surface area (Å²) in [5.74, 6) is 0.440. The monoisotopic (exact) mass is 201 g/mol. The van der Waals surface area contributed by atoms with Gasteiger partial charge in [-0.3, -0.25) is 5.43 Å². The van der Waals surface area contributed by atoms with Gasteiger partial charge in [-0.05, 0) is 17.5 Å². The molecule has 0 fully saturated rings. The number of benzene rings is 1. The first-order valence-electron chi connectivity index (χ1n) is 4.45. The lowest BCUT2D eigenvalue weighted by molar-refractivity contribution is 0.203. The smallest absolute Gasteiger partial charge is 0.432 e. The molecule has 1 aliphatic rings. The zero-order valence-corrected chi connectivity index (χ0v) is 7.64. The van der Waals surface area contributed by atoms with Crippen LogP contribution in [0.5, 0.6) is 0 Å². The fourth-order valence-corrected chi connectivity index (χ4v) is 1.79. The van der Waals surface area contributed by atoms with Crippen LogP contribution in [0.4, 0.5) is 16.3 Å². The molecule has 74 valence electrons. The average molecular weight is 201 g/mol. The molecule has 2 heterocycles. The predicted molar refractivity (Wildman–Crippen MR) is 55.9 cm³/mol. The summed E-state index contributed by atoms with van der Waals surface area (Å²) in [5, 5.41) is 11.8. The van der Waals surface area contributed by atoms with E-state index in [1.165, 1.54) is 0 Å². The number of nitrogens with zero attached hydrogens (tertiary/aromatic N) is 2. The van der Waals surface area contributed by atoms with Gasteiger partial charge in [0.15, 0.2) is 5.82 Å². The van der Waals surface area contributed by atoms with E-state index in [-0.39, 0.29) is 0 Å². The topological polar surface area (TPSA) is 65.5 Å². The Morgan fingerprint density at radius 3 is 3.07 bits per heavy atom. The Morgan fingerprint density at radius 2 is 2.27 bits per heavy atom. The Hall–Kier alpha value is -2.30. The minimum absolute atomic E-state index is 0.440. The van der Waals surface area contributed by atoms with Gasteiger partial charge in [-0.15, -0.1) is 0 Å². The van der Waals surface area contributed by atoms with Gasteiger partial charge in [0.2, 0.25) is 0 Å². The molecule has 1 aromatic heterocycles. The molecule has 0 aliphatic carbocycles. The number of anilines is 2. The molecule has 0 saturated carbocycles. The molecule has 3 rings (SSSR count). The maximum atomic E-state index is 10.9. The Kier molecular flexibility index (Phi) is 1.39. The van der Waals surface area contributed by atoms with Gasteiger partial charge in [-0.25, -0.2) is 9.78 Å². The highest BCUT2D eigenvalue weighted by atomic mass is 16.4. The van der Waals surface area contributed by atoms with Crippen molar-refractivity contribution in [2.75, 3.05) is 10.4 Å². The Labute approximate surface area is 84.9 Å². The molecule has 5 nitrogen and oxygen atoms in total. The minimum atomic E-state index is -1.06. The summed E-state index contributed by atoms with van der Waals surface area (Å²) >= 11 is 0. The van der Waals surface area contributed by atoms with Crippen LogP contribution in [0.3, 0.4) is 0 Å². The lowest BCUT2D eigenvalue weighted by Gasteiger charge is -2.11. The van der Waals surface area contributed by atoms with Crippen LogP contribution in [0.2, 0.25) is 0 Å². The maximum absolute atomic E-state index is 10.9. The SMILES string of the molecule is O=C(O)N1Nc2cccc3ccnc1c23. The number of carbonyl (C=O) groups is 1. The zero-order chi connectivity index (χ0) is 10.4. The Morgan fingerprint density at radius 1 is 1.40 bits per heavy atom. The Balaban J connectivity index is 2.36. The van der Waals surface area contributed by atoms with Crippen LogP contribution in [0.15, 0.2) is 30.5 Å². The van der Waals surface area contributed by atoms with Gasteiger partial charge < -0.3 is 5.11 Å². The number of amides is 1. The van der Waals surface area contributed by atoms with E-state index in [9.17, 15) is 4.79 Å². The first-order valence-corrected chi connectivity index (χ1v) is 4.45. The molecule has 2 N–H and O–H groups in total. The normalized spacial score (nSPS) is 12.9. The third-order valence-corrected chi connectivity index (χ3v) is 2.41. The van der Waals surface area contributed by atoms with E-state index in [1.807, 2.05) is 24.3 Å². The molecule has 0 atom stereocenters. The number of hydrazine groups is 1. The van der Waals surface area contributed by atoms with E-state index in [0.717, 1.165) is 21.5 Å².